The number of benzene rings is 2. The van der Waals surface area contributed by atoms with Gasteiger partial charge in [0.25, 0.3) is 0 Å². The van der Waals surface area contributed by atoms with Gasteiger partial charge in [-0.3, -0.25) is 0 Å². The summed E-state index contributed by atoms with van der Waals surface area (Å²) in [7, 11) is 0. The van der Waals surface area contributed by atoms with Gasteiger partial charge < -0.3 is 10.6 Å². The van der Waals surface area contributed by atoms with Crippen molar-refractivity contribution in [1.82, 2.24) is 0 Å². The van der Waals surface area contributed by atoms with Crippen LogP contribution < -0.4 is 10.6 Å². The Kier molecular flexibility index (Phi) is 4.38. The highest BCUT2D eigenvalue weighted by Gasteiger charge is 2.04. The fraction of sp³-hybridized carbons (Fsp3) is 0.0667. The first-order valence-corrected chi connectivity index (χ1v) is 6.72. The summed E-state index contributed by atoms with van der Waals surface area (Å²) in [5.41, 5.74) is 2.83. The third kappa shape index (κ3) is 3.59. The number of anilines is 2. The van der Waals surface area contributed by atoms with Gasteiger partial charge >= 0.3 is 6.03 Å². The van der Waals surface area contributed by atoms with E-state index in [0.29, 0.717) is 16.9 Å². The van der Waals surface area contributed by atoms with Gasteiger partial charge in [0.2, 0.25) is 0 Å². The summed E-state index contributed by atoms with van der Waals surface area (Å²) >= 11 is 3.41. The van der Waals surface area contributed by atoms with E-state index in [1.54, 1.807) is 24.3 Å². The van der Waals surface area contributed by atoms with Crippen molar-refractivity contribution in [3.8, 4) is 6.07 Å². The first-order valence-electron chi connectivity index (χ1n) is 5.93. The molecule has 2 aromatic rings. The summed E-state index contributed by atoms with van der Waals surface area (Å²) < 4.78 is 0.991. The molecule has 2 amide bonds. The number of halogens is 1. The molecule has 0 unspecified atom stereocenters. The molecule has 0 fully saturated rings. The molecule has 20 heavy (non-hydrogen) atoms. The number of hydrogen-bond acceptors (Lipinski definition) is 2. The number of aryl methyl sites for hydroxylation is 1. The van der Waals surface area contributed by atoms with E-state index >= 15 is 0 Å². The van der Waals surface area contributed by atoms with E-state index in [2.05, 4.69) is 26.6 Å². The first-order chi connectivity index (χ1) is 9.58. The highest BCUT2D eigenvalue weighted by molar-refractivity contribution is 9.10. The van der Waals surface area contributed by atoms with Gasteiger partial charge in [-0.05, 0) is 48.9 Å². The van der Waals surface area contributed by atoms with Gasteiger partial charge in [0.1, 0.15) is 0 Å². The minimum absolute atomic E-state index is 0.346. The van der Waals surface area contributed by atoms with Crippen molar-refractivity contribution in [2.75, 3.05) is 10.6 Å². The average molecular weight is 330 g/mol. The summed E-state index contributed by atoms with van der Waals surface area (Å²) in [5, 5.41) is 14.2. The molecule has 0 bridgehead atoms. The number of carbonyl (C=O) groups is 1. The van der Waals surface area contributed by atoms with Gasteiger partial charge in [-0.15, -0.1) is 0 Å². The zero-order chi connectivity index (χ0) is 14.5. The molecule has 4 nitrogen and oxygen atoms in total. The van der Waals surface area contributed by atoms with Crippen LogP contribution in [0.1, 0.15) is 11.1 Å². The van der Waals surface area contributed by atoms with Crippen LogP contribution in [0.5, 0.6) is 0 Å². The second-order valence-corrected chi connectivity index (χ2v) is 5.09. The molecule has 0 saturated carbocycles. The number of urea groups is 1. The second-order valence-electron chi connectivity index (χ2n) is 4.24. The van der Waals surface area contributed by atoms with Crippen molar-refractivity contribution in [1.29, 1.82) is 5.26 Å². The first kappa shape index (κ1) is 14.1. The molecule has 100 valence electrons. The number of amides is 2. The van der Waals surface area contributed by atoms with E-state index in [9.17, 15) is 4.79 Å². The van der Waals surface area contributed by atoms with Crippen LogP contribution in [-0.4, -0.2) is 6.03 Å². The Morgan fingerprint density at radius 1 is 1.15 bits per heavy atom. The quantitative estimate of drug-likeness (QED) is 0.863. The number of nitriles is 1. The number of hydrogen-bond donors (Lipinski definition) is 2. The van der Waals surface area contributed by atoms with E-state index in [1.807, 2.05) is 31.2 Å². The molecule has 0 heterocycles. The summed E-state index contributed by atoms with van der Waals surface area (Å²) in [6, 6.07) is 14.0. The maximum Gasteiger partial charge on any atom is 0.323 e. The fourth-order valence-electron chi connectivity index (χ4n) is 1.68. The predicted octanol–water partition coefficient (Wildman–Crippen LogP) is 4.27. The lowest BCUT2D eigenvalue weighted by Crippen LogP contribution is -2.19. The van der Waals surface area contributed by atoms with Crippen molar-refractivity contribution < 1.29 is 4.79 Å². The second kappa shape index (κ2) is 6.22. The Morgan fingerprint density at radius 2 is 1.85 bits per heavy atom. The van der Waals surface area contributed by atoms with Crippen molar-refractivity contribution in [3.05, 3.63) is 58.1 Å². The largest absolute Gasteiger partial charge is 0.323 e. The summed E-state index contributed by atoms with van der Waals surface area (Å²) in [5.74, 6) is 0. The smallest absolute Gasteiger partial charge is 0.308 e. The lowest BCUT2D eigenvalue weighted by atomic mass is 10.2. The molecule has 0 aliphatic carbocycles. The molecule has 0 atom stereocenters. The topological polar surface area (TPSA) is 64.9 Å². The summed E-state index contributed by atoms with van der Waals surface area (Å²) in [4.78, 5) is 11.9. The minimum atomic E-state index is -0.346. The fourth-order valence-corrected chi connectivity index (χ4v) is 1.93. The monoisotopic (exact) mass is 329 g/mol. The molecule has 2 rings (SSSR count). The molecule has 0 aliphatic rings. The molecular formula is C15H12BrN3O. The van der Waals surface area contributed by atoms with Crippen LogP contribution >= 0.6 is 15.9 Å². The molecule has 0 radical (unpaired) electrons. The van der Waals surface area contributed by atoms with Crippen molar-refractivity contribution in [2.24, 2.45) is 0 Å². The standard InChI is InChI=1S/C15H12BrN3O/c1-10-7-13(5-6-14(10)16)19-15(20)18-12-4-2-3-11(8-12)9-17/h2-8H,1H3,(H2,18,19,20). The minimum Gasteiger partial charge on any atom is -0.308 e. The van der Waals surface area contributed by atoms with Crippen LogP contribution in [0.2, 0.25) is 0 Å². The lowest BCUT2D eigenvalue weighted by Gasteiger charge is -2.09. The van der Waals surface area contributed by atoms with Crippen LogP contribution in [0, 0.1) is 18.3 Å². The normalized spacial score (nSPS) is 9.65. The Morgan fingerprint density at radius 3 is 2.50 bits per heavy atom. The van der Waals surface area contributed by atoms with E-state index in [4.69, 9.17) is 5.26 Å². The zero-order valence-electron chi connectivity index (χ0n) is 10.8. The van der Waals surface area contributed by atoms with Gasteiger partial charge in [-0.1, -0.05) is 22.0 Å². The molecule has 5 heteroatoms. The van der Waals surface area contributed by atoms with E-state index in [-0.39, 0.29) is 6.03 Å². The van der Waals surface area contributed by atoms with Gasteiger partial charge in [0, 0.05) is 15.8 Å². The molecular weight excluding hydrogens is 318 g/mol. The van der Waals surface area contributed by atoms with Crippen molar-refractivity contribution in [2.45, 2.75) is 6.92 Å². The maximum absolute atomic E-state index is 11.9. The van der Waals surface area contributed by atoms with E-state index in [0.717, 1.165) is 10.0 Å². The molecule has 0 aromatic heterocycles. The average Bonchev–Trinajstić information content (AvgIpc) is 2.43. The maximum atomic E-state index is 11.9. The Labute approximate surface area is 125 Å². The third-order valence-electron chi connectivity index (χ3n) is 2.67. The lowest BCUT2D eigenvalue weighted by molar-refractivity contribution is 0.262. The highest BCUT2D eigenvalue weighted by atomic mass is 79.9. The molecule has 2 N–H and O–H groups in total. The van der Waals surface area contributed by atoms with Gasteiger partial charge in [0.15, 0.2) is 0 Å². The van der Waals surface area contributed by atoms with Gasteiger partial charge in [0.05, 0.1) is 11.6 Å². The van der Waals surface area contributed by atoms with Crippen molar-refractivity contribution >= 4 is 33.3 Å². The molecule has 0 aliphatic heterocycles. The molecule has 0 saturated heterocycles. The number of nitrogens with zero attached hydrogens (tertiary/aromatic N) is 1. The Hall–Kier alpha value is -2.32. The highest BCUT2D eigenvalue weighted by Crippen LogP contribution is 2.20. The zero-order valence-corrected chi connectivity index (χ0v) is 12.4. The Balaban J connectivity index is 2.05. The summed E-state index contributed by atoms with van der Waals surface area (Å²) in [6.45, 7) is 1.95. The SMILES string of the molecule is Cc1cc(NC(=O)Nc2cccc(C#N)c2)ccc1Br. The van der Waals surface area contributed by atoms with Crippen molar-refractivity contribution in [3.63, 3.8) is 0 Å². The van der Waals surface area contributed by atoms with Crippen LogP contribution in [-0.2, 0) is 0 Å². The number of carbonyl (C=O) groups excluding carboxylic acids is 1. The van der Waals surface area contributed by atoms with Crippen LogP contribution in [0.15, 0.2) is 46.9 Å². The Bertz CT molecular complexity index is 692. The number of rotatable bonds is 2. The molecule has 0 spiro atoms. The van der Waals surface area contributed by atoms with E-state index < -0.39 is 0 Å². The van der Waals surface area contributed by atoms with Gasteiger partial charge in [-0.2, -0.15) is 5.26 Å². The third-order valence-corrected chi connectivity index (χ3v) is 3.56. The molecule has 2 aromatic carbocycles. The van der Waals surface area contributed by atoms with Gasteiger partial charge in [-0.25, -0.2) is 4.79 Å². The number of nitrogens with one attached hydrogen (secondary N) is 2. The van der Waals surface area contributed by atoms with Crippen LogP contribution in [0.3, 0.4) is 0 Å². The van der Waals surface area contributed by atoms with E-state index in [1.165, 1.54) is 0 Å². The van der Waals surface area contributed by atoms with Crippen LogP contribution in [0.4, 0.5) is 16.2 Å². The predicted molar refractivity (Wildman–Crippen MR) is 82.7 cm³/mol. The van der Waals surface area contributed by atoms with Crippen LogP contribution in [0.25, 0.3) is 0 Å². The summed E-state index contributed by atoms with van der Waals surface area (Å²) in [6.07, 6.45) is 0.